The predicted molar refractivity (Wildman–Crippen MR) is 94.0 cm³/mol. The average Bonchev–Trinajstić information content (AvgIpc) is 3.24. The zero-order chi connectivity index (χ0) is 17.8. The van der Waals surface area contributed by atoms with E-state index in [1.54, 1.807) is 11.0 Å². The summed E-state index contributed by atoms with van der Waals surface area (Å²) < 4.78 is 10.8. The van der Waals surface area contributed by atoms with Gasteiger partial charge in [0.1, 0.15) is 6.04 Å². The first-order valence-electron chi connectivity index (χ1n) is 8.53. The number of carbonyl (C=O) groups is 2. The smallest absolute Gasteiger partial charge is 0.256 e. The van der Waals surface area contributed by atoms with Gasteiger partial charge in [-0.2, -0.15) is 0 Å². The second-order valence-electron chi connectivity index (χ2n) is 6.71. The molecule has 7 heteroatoms. The Morgan fingerprint density at radius 1 is 1.04 bits per heavy atom. The maximum Gasteiger partial charge on any atom is 0.256 e. The molecule has 2 atom stereocenters. The third-order valence-electron chi connectivity index (χ3n) is 5.19. The van der Waals surface area contributed by atoms with Crippen molar-refractivity contribution in [1.82, 2.24) is 4.90 Å². The molecule has 0 aliphatic carbocycles. The van der Waals surface area contributed by atoms with Crippen molar-refractivity contribution in [3.05, 3.63) is 42.0 Å². The zero-order valence-corrected chi connectivity index (χ0v) is 13.9. The van der Waals surface area contributed by atoms with Gasteiger partial charge in [-0.3, -0.25) is 9.59 Å². The Bertz CT molecular complexity index is 942. The van der Waals surface area contributed by atoms with E-state index in [4.69, 9.17) is 15.2 Å². The van der Waals surface area contributed by atoms with E-state index in [1.807, 2.05) is 30.3 Å². The van der Waals surface area contributed by atoms with Gasteiger partial charge in [0.2, 0.25) is 12.7 Å². The van der Waals surface area contributed by atoms with Crippen LogP contribution in [0, 0.1) is 0 Å². The van der Waals surface area contributed by atoms with E-state index in [-0.39, 0.29) is 24.6 Å². The van der Waals surface area contributed by atoms with Gasteiger partial charge >= 0.3 is 0 Å². The molecule has 2 unspecified atom stereocenters. The molecule has 3 aliphatic heterocycles. The van der Waals surface area contributed by atoms with Gasteiger partial charge < -0.3 is 25.4 Å². The molecule has 7 nitrogen and oxygen atoms in total. The fourth-order valence-corrected chi connectivity index (χ4v) is 3.83. The minimum Gasteiger partial charge on any atom is -0.454 e. The molecule has 3 heterocycles. The van der Waals surface area contributed by atoms with Crippen molar-refractivity contribution in [3.63, 3.8) is 0 Å². The number of nitrogens with one attached hydrogen (secondary N) is 1. The summed E-state index contributed by atoms with van der Waals surface area (Å²) in [5, 5.41) is 2.85. The average molecular weight is 351 g/mol. The lowest BCUT2D eigenvalue weighted by atomic mass is 10.0. The van der Waals surface area contributed by atoms with Gasteiger partial charge in [0.25, 0.3) is 5.91 Å². The standard InChI is InChI=1S/C19H17N3O4/c20-13-5-6-22-17(13)18(23)21-14-3-1-10(7-12(14)19(22)24)11-2-4-15-16(8-11)26-9-25-15/h1-4,7-8,13,17H,5-6,9,20H2,(H,21,23). The van der Waals surface area contributed by atoms with E-state index in [9.17, 15) is 9.59 Å². The molecule has 132 valence electrons. The molecule has 3 aliphatic rings. The van der Waals surface area contributed by atoms with Gasteiger partial charge in [0.15, 0.2) is 11.5 Å². The molecule has 2 aromatic rings. The summed E-state index contributed by atoms with van der Waals surface area (Å²) in [5.74, 6) is 1.00. The quantitative estimate of drug-likeness (QED) is 0.813. The molecule has 2 aromatic carbocycles. The lowest BCUT2D eigenvalue weighted by Gasteiger charge is -2.22. The Hall–Kier alpha value is -3.06. The molecule has 26 heavy (non-hydrogen) atoms. The minimum absolute atomic E-state index is 0.168. The van der Waals surface area contributed by atoms with Crippen molar-refractivity contribution < 1.29 is 19.1 Å². The van der Waals surface area contributed by atoms with Gasteiger partial charge in [-0.1, -0.05) is 12.1 Å². The topological polar surface area (TPSA) is 93.9 Å². The van der Waals surface area contributed by atoms with Crippen LogP contribution >= 0.6 is 0 Å². The van der Waals surface area contributed by atoms with Crippen molar-refractivity contribution in [2.24, 2.45) is 5.73 Å². The van der Waals surface area contributed by atoms with Crippen molar-refractivity contribution in [2.45, 2.75) is 18.5 Å². The number of anilines is 1. The van der Waals surface area contributed by atoms with E-state index in [0.29, 0.717) is 35.7 Å². The van der Waals surface area contributed by atoms with E-state index in [1.165, 1.54) is 0 Å². The Morgan fingerprint density at radius 2 is 1.81 bits per heavy atom. The number of ether oxygens (including phenoxy) is 2. The zero-order valence-electron chi connectivity index (χ0n) is 13.9. The predicted octanol–water partition coefficient (Wildman–Crippen LogP) is 1.58. The summed E-state index contributed by atoms with van der Waals surface area (Å²) in [5.41, 5.74) is 8.81. The number of fused-ring (bicyclic) bond motifs is 3. The summed E-state index contributed by atoms with van der Waals surface area (Å²) in [7, 11) is 0. The first-order chi connectivity index (χ1) is 12.6. The molecule has 0 saturated carbocycles. The number of hydrogen-bond donors (Lipinski definition) is 2. The lowest BCUT2D eigenvalue weighted by Crippen LogP contribution is -2.48. The largest absolute Gasteiger partial charge is 0.454 e. The summed E-state index contributed by atoms with van der Waals surface area (Å²) in [6.07, 6.45) is 0.626. The molecule has 5 rings (SSSR count). The third kappa shape index (κ3) is 2.17. The molecule has 1 saturated heterocycles. The highest BCUT2D eigenvalue weighted by Crippen LogP contribution is 2.37. The maximum absolute atomic E-state index is 13.0. The Kier molecular flexibility index (Phi) is 3.20. The second-order valence-corrected chi connectivity index (χ2v) is 6.71. The van der Waals surface area contributed by atoms with Gasteiger partial charge in [-0.05, 0) is 41.8 Å². The Morgan fingerprint density at radius 3 is 2.69 bits per heavy atom. The van der Waals surface area contributed by atoms with Crippen LogP contribution in [0.1, 0.15) is 16.8 Å². The number of nitrogens with two attached hydrogens (primary N) is 1. The van der Waals surface area contributed by atoms with Crippen molar-refractivity contribution in [3.8, 4) is 22.6 Å². The number of benzene rings is 2. The van der Waals surface area contributed by atoms with Crippen LogP contribution in [0.25, 0.3) is 11.1 Å². The summed E-state index contributed by atoms with van der Waals surface area (Å²) in [6, 6.07) is 10.2. The highest BCUT2D eigenvalue weighted by Gasteiger charge is 2.43. The van der Waals surface area contributed by atoms with Gasteiger partial charge in [-0.25, -0.2) is 0 Å². The molecular formula is C19H17N3O4. The highest BCUT2D eigenvalue weighted by atomic mass is 16.7. The lowest BCUT2D eigenvalue weighted by molar-refractivity contribution is -0.119. The molecule has 1 fully saturated rings. The van der Waals surface area contributed by atoms with Gasteiger partial charge in [0.05, 0.1) is 11.3 Å². The van der Waals surface area contributed by atoms with Crippen LogP contribution in [0.3, 0.4) is 0 Å². The van der Waals surface area contributed by atoms with Crippen LogP contribution in [0.5, 0.6) is 11.5 Å². The van der Waals surface area contributed by atoms with E-state index < -0.39 is 6.04 Å². The second kappa shape index (κ2) is 5.47. The molecule has 3 N–H and O–H groups in total. The number of hydrogen-bond acceptors (Lipinski definition) is 5. The molecule has 2 amide bonds. The van der Waals surface area contributed by atoms with E-state index >= 15 is 0 Å². The Balaban J connectivity index is 1.57. The normalized spacial score (nSPS) is 23.3. The summed E-state index contributed by atoms with van der Waals surface area (Å²) in [6.45, 7) is 0.704. The molecular weight excluding hydrogens is 334 g/mol. The van der Waals surface area contributed by atoms with Crippen molar-refractivity contribution in [1.29, 1.82) is 0 Å². The van der Waals surface area contributed by atoms with E-state index in [2.05, 4.69) is 5.32 Å². The van der Waals surface area contributed by atoms with Crippen molar-refractivity contribution >= 4 is 17.5 Å². The van der Waals surface area contributed by atoms with Crippen LogP contribution in [0.2, 0.25) is 0 Å². The van der Waals surface area contributed by atoms with Crippen LogP contribution in [0.4, 0.5) is 5.69 Å². The van der Waals surface area contributed by atoms with Crippen molar-refractivity contribution in [2.75, 3.05) is 18.7 Å². The van der Waals surface area contributed by atoms with Crippen LogP contribution in [-0.2, 0) is 4.79 Å². The monoisotopic (exact) mass is 351 g/mol. The Labute approximate surface area is 149 Å². The molecule has 0 radical (unpaired) electrons. The highest BCUT2D eigenvalue weighted by molar-refractivity contribution is 6.11. The summed E-state index contributed by atoms with van der Waals surface area (Å²) >= 11 is 0. The van der Waals surface area contributed by atoms with Crippen LogP contribution in [-0.4, -0.2) is 42.1 Å². The number of carbonyl (C=O) groups excluding carboxylic acids is 2. The van der Waals surface area contributed by atoms with Crippen LogP contribution in [0.15, 0.2) is 36.4 Å². The number of nitrogens with zero attached hydrogens (tertiary/aromatic N) is 1. The SMILES string of the molecule is NC1CCN2C(=O)c3cc(-c4ccc5c(c4)OCO5)ccc3NC(=O)C12. The fraction of sp³-hybridized carbons (Fsp3) is 0.263. The minimum atomic E-state index is -0.608. The first kappa shape index (κ1) is 15.2. The number of rotatable bonds is 1. The summed E-state index contributed by atoms with van der Waals surface area (Å²) in [4.78, 5) is 27.1. The van der Waals surface area contributed by atoms with E-state index in [0.717, 1.165) is 11.1 Å². The number of amides is 2. The third-order valence-corrected chi connectivity index (χ3v) is 5.19. The van der Waals surface area contributed by atoms with Crippen LogP contribution < -0.4 is 20.5 Å². The molecule has 0 bridgehead atoms. The fourth-order valence-electron chi connectivity index (χ4n) is 3.83. The van der Waals surface area contributed by atoms with Gasteiger partial charge in [-0.15, -0.1) is 0 Å². The van der Waals surface area contributed by atoms with Gasteiger partial charge in [0, 0.05) is 12.6 Å². The maximum atomic E-state index is 13.0. The molecule has 0 aromatic heterocycles. The molecule has 0 spiro atoms. The first-order valence-corrected chi connectivity index (χ1v) is 8.53.